The van der Waals surface area contributed by atoms with Crippen molar-refractivity contribution in [3.63, 3.8) is 0 Å². The van der Waals surface area contributed by atoms with E-state index in [2.05, 4.69) is 32.5 Å². The van der Waals surface area contributed by atoms with Gasteiger partial charge < -0.3 is 9.47 Å². The molecule has 6 heteroatoms. The van der Waals surface area contributed by atoms with Crippen LogP contribution in [-0.4, -0.2) is 38.5 Å². The van der Waals surface area contributed by atoms with Gasteiger partial charge in [0.15, 0.2) is 0 Å². The number of nitrogens with one attached hydrogen (secondary N) is 1. The summed E-state index contributed by atoms with van der Waals surface area (Å²) >= 11 is 0. The van der Waals surface area contributed by atoms with E-state index in [0.29, 0.717) is 6.54 Å². The number of nitrogens with zero attached hydrogens (tertiary/aromatic N) is 2. The quantitative estimate of drug-likeness (QED) is 0.679. The molecule has 1 N–H and O–H groups in total. The molecular weight excluding hydrogens is 358 g/mol. The Hall–Kier alpha value is -2.15. The summed E-state index contributed by atoms with van der Waals surface area (Å²) in [5, 5.41) is 1.15. The molecule has 0 amide bonds. The van der Waals surface area contributed by atoms with Gasteiger partial charge in [0.2, 0.25) is 10.0 Å². The zero-order chi connectivity index (χ0) is 19.6. The zero-order valence-electron chi connectivity index (χ0n) is 16.3. The van der Waals surface area contributed by atoms with Crippen molar-refractivity contribution in [1.82, 2.24) is 14.2 Å². The van der Waals surface area contributed by atoms with Gasteiger partial charge in [-0.2, -0.15) is 0 Å². The molecule has 1 unspecified atom stereocenters. The summed E-state index contributed by atoms with van der Waals surface area (Å²) in [7, 11) is 2.54. The van der Waals surface area contributed by atoms with Crippen LogP contribution in [-0.2, 0) is 22.8 Å². The number of fused-ring (bicyclic) bond motifs is 1. The summed E-state index contributed by atoms with van der Waals surface area (Å²) in [4.78, 5) is 2.05. The predicted molar refractivity (Wildman–Crippen MR) is 111 cm³/mol. The second-order valence-corrected chi connectivity index (χ2v) is 9.10. The van der Waals surface area contributed by atoms with E-state index >= 15 is 0 Å². The largest absolute Gasteiger partial charge is 0.350 e. The first-order valence-electron chi connectivity index (χ1n) is 9.00. The van der Waals surface area contributed by atoms with Gasteiger partial charge in [0.05, 0.1) is 5.75 Å². The third-order valence-electron chi connectivity index (χ3n) is 4.85. The van der Waals surface area contributed by atoms with E-state index in [1.807, 2.05) is 64.5 Å². The molecule has 1 aromatic heterocycles. The van der Waals surface area contributed by atoms with Crippen LogP contribution < -0.4 is 4.72 Å². The summed E-state index contributed by atoms with van der Waals surface area (Å²) in [6.45, 7) is 2.29. The van der Waals surface area contributed by atoms with E-state index in [1.165, 1.54) is 0 Å². The number of aromatic nitrogens is 1. The zero-order valence-corrected chi connectivity index (χ0v) is 17.1. The maximum Gasteiger partial charge on any atom is 0.215 e. The number of aryl methyl sites for hydroxylation is 2. The first-order valence-corrected chi connectivity index (χ1v) is 10.7. The van der Waals surface area contributed by atoms with E-state index in [9.17, 15) is 8.42 Å². The fourth-order valence-corrected chi connectivity index (χ4v) is 4.62. The molecule has 0 aliphatic carbocycles. The highest BCUT2D eigenvalue weighted by molar-refractivity contribution is 7.88. The van der Waals surface area contributed by atoms with E-state index < -0.39 is 10.0 Å². The maximum absolute atomic E-state index is 12.6. The molecule has 2 aromatic carbocycles. The minimum Gasteiger partial charge on any atom is -0.350 e. The smallest absolute Gasteiger partial charge is 0.215 e. The molecule has 0 bridgehead atoms. The van der Waals surface area contributed by atoms with Crippen molar-refractivity contribution in [2.45, 2.75) is 18.7 Å². The van der Waals surface area contributed by atoms with Gasteiger partial charge in [-0.05, 0) is 38.2 Å². The number of hydrogen-bond acceptors (Lipinski definition) is 3. The Labute approximate surface area is 161 Å². The van der Waals surface area contributed by atoms with Gasteiger partial charge in [-0.1, -0.05) is 48.0 Å². The molecular formula is C21H27N3O2S. The minimum absolute atomic E-state index is 0.00956. The van der Waals surface area contributed by atoms with E-state index in [1.54, 1.807) is 0 Å². The van der Waals surface area contributed by atoms with Crippen molar-refractivity contribution < 1.29 is 8.42 Å². The van der Waals surface area contributed by atoms with E-state index in [4.69, 9.17) is 0 Å². The van der Waals surface area contributed by atoms with Crippen LogP contribution >= 0.6 is 0 Å². The number of likely N-dealkylation sites (N-methyl/N-ethyl adjacent to an activating group) is 1. The molecule has 0 aliphatic heterocycles. The lowest BCUT2D eigenvalue weighted by Crippen LogP contribution is -2.35. The topological polar surface area (TPSA) is 54.3 Å². The Bertz CT molecular complexity index is 1040. The molecule has 0 saturated heterocycles. The molecule has 0 spiro atoms. The molecule has 27 heavy (non-hydrogen) atoms. The van der Waals surface area contributed by atoms with Crippen LogP contribution in [0.4, 0.5) is 0 Å². The Balaban J connectivity index is 1.80. The van der Waals surface area contributed by atoms with Crippen LogP contribution in [0.5, 0.6) is 0 Å². The van der Waals surface area contributed by atoms with E-state index in [0.717, 1.165) is 27.6 Å². The lowest BCUT2D eigenvalue weighted by molar-refractivity contribution is 0.301. The SMILES string of the molecule is Cc1cccc(CS(=O)(=O)NCC(c2cn(C)c3ccccc23)N(C)C)c1. The van der Waals surface area contributed by atoms with Crippen LogP contribution in [0.25, 0.3) is 10.9 Å². The fraction of sp³-hybridized carbons (Fsp3) is 0.333. The molecule has 144 valence electrons. The van der Waals surface area contributed by atoms with Crippen LogP contribution in [0.15, 0.2) is 54.7 Å². The molecule has 0 fully saturated rings. The van der Waals surface area contributed by atoms with Gasteiger partial charge in [-0.25, -0.2) is 13.1 Å². The first kappa shape index (κ1) is 19.6. The van der Waals surface area contributed by atoms with Gasteiger partial charge in [0.1, 0.15) is 0 Å². The molecule has 5 nitrogen and oxygen atoms in total. The molecule has 3 aromatic rings. The third kappa shape index (κ3) is 4.58. The lowest BCUT2D eigenvalue weighted by atomic mass is 10.1. The van der Waals surface area contributed by atoms with Gasteiger partial charge in [-0.15, -0.1) is 0 Å². The number of para-hydroxylation sites is 1. The Morgan fingerprint density at radius 1 is 1.11 bits per heavy atom. The van der Waals surface area contributed by atoms with Crippen molar-refractivity contribution in [2.24, 2.45) is 7.05 Å². The number of hydrogen-bond donors (Lipinski definition) is 1. The Morgan fingerprint density at radius 2 is 1.85 bits per heavy atom. The second kappa shape index (κ2) is 7.84. The van der Waals surface area contributed by atoms with Crippen molar-refractivity contribution in [2.75, 3.05) is 20.6 Å². The van der Waals surface area contributed by atoms with Gasteiger partial charge in [-0.3, -0.25) is 0 Å². The maximum atomic E-state index is 12.6. The van der Waals surface area contributed by atoms with Crippen LogP contribution in [0, 0.1) is 6.92 Å². The number of rotatable bonds is 7. The molecule has 0 radical (unpaired) electrons. The Morgan fingerprint density at radius 3 is 2.56 bits per heavy atom. The summed E-state index contributed by atoms with van der Waals surface area (Å²) in [6, 6.07) is 15.7. The van der Waals surface area contributed by atoms with Crippen molar-refractivity contribution >= 4 is 20.9 Å². The molecule has 3 rings (SSSR count). The van der Waals surface area contributed by atoms with Gasteiger partial charge in [0, 0.05) is 36.7 Å². The molecule has 0 saturated carbocycles. The van der Waals surface area contributed by atoms with E-state index in [-0.39, 0.29) is 11.8 Å². The third-order valence-corrected chi connectivity index (χ3v) is 6.17. The van der Waals surface area contributed by atoms with Gasteiger partial charge >= 0.3 is 0 Å². The summed E-state index contributed by atoms with van der Waals surface area (Å²) in [5.74, 6) is -0.00956. The lowest BCUT2D eigenvalue weighted by Gasteiger charge is -2.24. The highest BCUT2D eigenvalue weighted by Crippen LogP contribution is 2.28. The van der Waals surface area contributed by atoms with Crippen molar-refractivity contribution in [3.8, 4) is 0 Å². The van der Waals surface area contributed by atoms with Crippen molar-refractivity contribution in [1.29, 1.82) is 0 Å². The fourth-order valence-electron chi connectivity index (χ4n) is 3.49. The predicted octanol–water partition coefficient (Wildman–Crippen LogP) is 3.21. The summed E-state index contributed by atoms with van der Waals surface area (Å²) in [6.07, 6.45) is 2.09. The highest BCUT2D eigenvalue weighted by Gasteiger charge is 2.22. The number of benzene rings is 2. The molecule has 0 aliphatic rings. The second-order valence-electron chi connectivity index (χ2n) is 7.29. The number of sulfonamides is 1. The van der Waals surface area contributed by atoms with Crippen LogP contribution in [0.3, 0.4) is 0 Å². The summed E-state index contributed by atoms with van der Waals surface area (Å²) < 4.78 is 30.1. The summed E-state index contributed by atoms with van der Waals surface area (Å²) in [5.41, 5.74) is 4.12. The average Bonchev–Trinajstić information content (AvgIpc) is 2.91. The van der Waals surface area contributed by atoms with Crippen molar-refractivity contribution in [3.05, 3.63) is 71.4 Å². The average molecular weight is 386 g/mol. The van der Waals surface area contributed by atoms with Crippen LogP contribution in [0.1, 0.15) is 22.7 Å². The molecule has 1 heterocycles. The standard InChI is InChI=1S/C21H27N3O2S/c1-16-8-7-9-17(12-16)15-27(25,26)22-13-21(23(2)3)19-14-24(4)20-11-6-5-10-18(19)20/h5-12,14,21-22H,13,15H2,1-4H3. The minimum atomic E-state index is -3.42. The monoisotopic (exact) mass is 385 g/mol. The normalized spacial score (nSPS) is 13.4. The first-order chi connectivity index (χ1) is 12.8. The molecule has 1 atom stereocenters. The van der Waals surface area contributed by atoms with Crippen LogP contribution in [0.2, 0.25) is 0 Å². The highest BCUT2D eigenvalue weighted by atomic mass is 32.2. The Kier molecular flexibility index (Phi) is 5.69. The van der Waals surface area contributed by atoms with Gasteiger partial charge in [0.25, 0.3) is 0 Å².